The van der Waals surface area contributed by atoms with Crippen molar-refractivity contribution < 1.29 is 18.0 Å². The molecular weight excluding hydrogens is 557 g/mol. The van der Waals surface area contributed by atoms with Crippen molar-refractivity contribution in [2.75, 3.05) is 24.2 Å². The maximum absolute atomic E-state index is 13.7. The summed E-state index contributed by atoms with van der Waals surface area (Å²) < 4.78 is 26.5. The summed E-state index contributed by atoms with van der Waals surface area (Å²) in [6.45, 7) is 2.01. The molecule has 0 bridgehead atoms. The van der Waals surface area contributed by atoms with Gasteiger partial charge >= 0.3 is 0 Å². The lowest BCUT2D eigenvalue weighted by Crippen LogP contribution is -2.49. The fourth-order valence-corrected chi connectivity index (χ4v) is 5.80. The van der Waals surface area contributed by atoms with Gasteiger partial charge in [-0.15, -0.1) is 0 Å². The molecule has 0 aromatic heterocycles. The average molecular weight is 591 g/mol. The van der Waals surface area contributed by atoms with Crippen LogP contribution in [0, 0.1) is 6.92 Å². The Morgan fingerprint density at radius 2 is 1.62 bits per heavy atom. The quantitative estimate of drug-likeness (QED) is 0.313. The minimum Gasteiger partial charge on any atom is -0.357 e. The minimum absolute atomic E-state index is 0.0362. The van der Waals surface area contributed by atoms with Crippen LogP contribution in [-0.2, 0) is 32.6 Å². The summed E-state index contributed by atoms with van der Waals surface area (Å²) >= 11 is 12.4. The van der Waals surface area contributed by atoms with Gasteiger partial charge in [-0.2, -0.15) is 0 Å². The smallest absolute Gasteiger partial charge is 0.242 e. The molecule has 10 heteroatoms. The summed E-state index contributed by atoms with van der Waals surface area (Å²) in [5.74, 6) is -0.558. The zero-order valence-electron chi connectivity index (χ0n) is 22.2. The lowest BCUT2D eigenvalue weighted by Gasteiger charge is -2.32. The van der Waals surface area contributed by atoms with Gasteiger partial charge in [-0.05, 0) is 54.3 Å². The van der Waals surface area contributed by atoms with Crippen LogP contribution in [-0.4, -0.2) is 51.0 Å². The molecule has 0 radical (unpaired) electrons. The van der Waals surface area contributed by atoms with Gasteiger partial charge < -0.3 is 10.2 Å². The molecule has 0 aliphatic carbocycles. The molecule has 0 unspecified atom stereocenters. The van der Waals surface area contributed by atoms with Crippen LogP contribution in [0.4, 0.5) is 5.69 Å². The lowest BCUT2D eigenvalue weighted by molar-refractivity contribution is -0.141. The van der Waals surface area contributed by atoms with Crippen LogP contribution in [0.25, 0.3) is 0 Å². The van der Waals surface area contributed by atoms with Crippen molar-refractivity contribution in [3.8, 4) is 0 Å². The van der Waals surface area contributed by atoms with E-state index in [9.17, 15) is 18.0 Å². The SMILES string of the molecule is CNC(=O)[C@@H](Cc1ccccc1)N(Cc1cccc(Cl)c1)C(=O)CCCN(c1cccc(Cl)c1C)S(C)(=O)=O. The maximum Gasteiger partial charge on any atom is 0.242 e. The van der Waals surface area contributed by atoms with Gasteiger partial charge in [0.2, 0.25) is 21.8 Å². The third-order valence-corrected chi connectivity index (χ3v) is 8.24. The molecule has 7 nitrogen and oxygen atoms in total. The number of likely N-dealkylation sites (N-methyl/N-ethyl adjacent to an activating group) is 1. The first-order valence-electron chi connectivity index (χ1n) is 12.5. The van der Waals surface area contributed by atoms with Crippen molar-refractivity contribution in [1.82, 2.24) is 10.2 Å². The van der Waals surface area contributed by atoms with E-state index in [1.807, 2.05) is 36.4 Å². The Bertz CT molecular complexity index is 1400. The monoisotopic (exact) mass is 589 g/mol. The first-order valence-corrected chi connectivity index (χ1v) is 15.1. The van der Waals surface area contributed by atoms with E-state index in [-0.39, 0.29) is 37.7 Å². The molecule has 3 aromatic rings. The van der Waals surface area contributed by atoms with Gasteiger partial charge in [0.25, 0.3) is 0 Å². The highest BCUT2D eigenvalue weighted by Gasteiger charge is 2.30. The summed E-state index contributed by atoms with van der Waals surface area (Å²) in [7, 11) is -2.09. The second-order valence-electron chi connectivity index (χ2n) is 9.29. The number of nitrogens with zero attached hydrogens (tertiary/aromatic N) is 2. The first-order chi connectivity index (χ1) is 18.5. The Balaban J connectivity index is 1.86. The molecule has 1 N–H and O–H groups in total. The van der Waals surface area contributed by atoms with Gasteiger partial charge in [-0.25, -0.2) is 8.42 Å². The molecule has 0 aliphatic heterocycles. The average Bonchev–Trinajstić information content (AvgIpc) is 2.90. The molecule has 3 aromatic carbocycles. The second-order valence-corrected chi connectivity index (χ2v) is 12.0. The number of benzene rings is 3. The van der Waals surface area contributed by atoms with Crippen molar-refractivity contribution in [2.24, 2.45) is 0 Å². The van der Waals surface area contributed by atoms with E-state index in [0.717, 1.165) is 17.4 Å². The normalized spacial score (nSPS) is 12.0. The van der Waals surface area contributed by atoms with Crippen molar-refractivity contribution in [3.05, 3.63) is 99.5 Å². The highest BCUT2D eigenvalue weighted by molar-refractivity contribution is 7.92. The van der Waals surface area contributed by atoms with Gasteiger partial charge in [0.1, 0.15) is 6.04 Å². The number of amides is 2. The van der Waals surface area contributed by atoms with Gasteiger partial charge in [0.15, 0.2) is 0 Å². The first kappa shape index (κ1) is 30.5. The van der Waals surface area contributed by atoms with Gasteiger partial charge in [-0.1, -0.05) is 71.7 Å². The minimum atomic E-state index is -3.63. The Hall–Kier alpha value is -3.07. The molecule has 1 atom stereocenters. The van der Waals surface area contributed by atoms with Crippen LogP contribution in [0.15, 0.2) is 72.8 Å². The third kappa shape index (κ3) is 8.46. The van der Waals surface area contributed by atoms with E-state index in [1.165, 1.54) is 4.31 Å². The summed E-state index contributed by atoms with van der Waals surface area (Å²) in [4.78, 5) is 28.3. The summed E-state index contributed by atoms with van der Waals surface area (Å²) in [6.07, 6.45) is 1.73. The number of anilines is 1. The number of nitrogens with one attached hydrogen (secondary N) is 1. The van der Waals surface area contributed by atoms with Gasteiger partial charge in [0, 0.05) is 43.0 Å². The van der Waals surface area contributed by atoms with Crippen LogP contribution < -0.4 is 9.62 Å². The predicted octanol–water partition coefficient (Wildman–Crippen LogP) is 5.23. The Morgan fingerprint density at radius 1 is 0.949 bits per heavy atom. The number of halogens is 2. The van der Waals surface area contributed by atoms with Crippen molar-refractivity contribution >= 4 is 50.7 Å². The highest BCUT2D eigenvalue weighted by atomic mass is 35.5. The summed E-state index contributed by atoms with van der Waals surface area (Å²) in [5, 5.41) is 3.67. The molecule has 0 saturated carbocycles. The van der Waals surface area contributed by atoms with Crippen LogP contribution in [0.1, 0.15) is 29.5 Å². The Labute approximate surface area is 240 Å². The van der Waals surface area contributed by atoms with Crippen LogP contribution in [0.5, 0.6) is 0 Å². The van der Waals surface area contributed by atoms with E-state index < -0.39 is 16.1 Å². The molecule has 208 valence electrons. The molecule has 0 fully saturated rings. The van der Waals surface area contributed by atoms with E-state index in [4.69, 9.17) is 23.2 Å². The number of carbonyl (C=O) groups excluding carboxylic acids is 2. The summed E-state index contributed by atoms with van der Waals surface area (Å²) in [5.41, 5.74) is 2.81. The number of hydrogen-bond acceptors (Lipinski definition) is 4. The van der Waals surface area contributed by atoms with Crippen molar-refractivity contribution in [3.63, 3.8) is 0 Å². The van der Waals surface area contributed by atoms with Gasteiger partial charge in [-0.3, -0.25) is 13.9 Å². The van der Waals surface area contributed by atoms with Crippen molar-refractivity contribution in [2.45, 2.75) is 38.8 Å². The molecule has 0 spiro atoms. The third-order valence-electron chi connectivity index (χ3n) is 6.42. The number of hydrogen-bond donors (Lipinski definition) is 1. The number of sulfonamides is 1. The maximum atomic E-state index is 13.7. The molecule has 2 amide bonds. The van der Waals surface area contributed by atoms with Crippen LogP contribution in [0.2, 0.25) is 10.0 Å². The van der Waals surface area contributed by atoms with Crippen LogP contribution in [0.3, 0.4) is 0 Å². The molecule has 0 saturated heterocycles. The van der Waals surface area contributed by atoms with E-state index in [2.05, 4.69) is 5.32 Å². The fourth-order valence-electron chi connectivity index (χ4n) is 4.40. The van der Waals surface area contributed by atoms with Crippen molar-refractivity contribution in [1.29, 1.82) is 0 Å². The Morgan fingerprint density at radius 3 is 2.26 bits per heavy atom. The highest BCUT2D eigenvalue weighted by Crippen LogP contribution is 2.28. The zero-order chi connectivity index (χ0) is 28.6. The molecule has 0 aliphatic rings. The standard InChI is InChI=1S/C29H33Cl2N3O4S/c1-21-25(31)14-8-15-26(21)34(39(3,37)38)17-9-16-28(35)33(20-23-12-7-13-24(30)18-23)27(29(36)32-2)19-22-10-5-4-6-11-22/h4-8,10-15,18,27H,9,16-17,19-20H2,1-3H3,(H,32,36)/t27-/m1/s1. The molecule has 39 heavy (non-hydrogen) atoms. The number of rotatable bonds is 12. The molecule has 0 heterocycles. The molecule has 3 rings (SSSR count). The second kappa shape index (κ2) is 13.8. The Kier molecular flexibility index (Phi) is 10.8. The fraction of sp³-hybridized carbons (Fsp3) is 0.310. The summed E-state index contributed by atoms with van der Waals surface area (Å²) in [6, 6.07) is 20.9. The topological polar surface area (TPSA) is 86.8 Å². The van der Waals surface area contributed by atoms with E-state index >= 15 is 0 Å². The van der Waals surface area contributed by atoms with Gasteiger partial charge in [0.05, 0.1) is 11.9 Å². The molecular formula is C29H33Cl2N3O4S. The van der Waals surface area contributed by atoms with E-state index in [0.29, 0.717) is 27.7 Å². The van der Waals surface area contributed by atoms with Crippen LogP contribution >= 0.6 is 23.2 Å². The number of carbonyl (C=O) groups is 2. The zero-order valence-corrected chi connectivity index (χ0v) is 24.6. The van der Waals surface area contributed by atoms with E-state index in [1.54, 1.807) is 55.3 Å². The lowest BCUT2D eigenvalue weighted by atomic mass is 10.0. The largest absolute Gasteiger partial charge is 0.357 e. The predicted molar refractivity (Wildman–Crippen MR) is 158 cm³/mol.